The zero-order valence-corrected chi connectivity index (χ0v) is 16.1. The predicted molar refractivity (Wildman–Crippen MR) is 103 cm³/mol. The summed E-state index contributed by atoms with van der Waals surface area (Å²) < 4.78 is 0. The van der Waals surface area contributed by atoms with Crippen molar-refractivity contribution >= 4 is 40.8 Å². The van der Waals surface area contributed by atoms with Crippen LogP contribution in [0.25, 0.3) is 10.6 Å². The first-order valence-corrected chi connectivity index (χ1v) is 9.28. The van der Waals surface area contributed by atoms with Gasteiger partial charge in [0.05, 0.1) is 10.7 Å². The molecule has 10 heteroatoms. The normalized spacial score (nSPS) is 11.6. The van der Waals surface area contributed by atoms with Crippen molar-refractivity contribution in [3.63, 3.8) is 0 Å². The Labute approximate surface area is 164 Å². The number of aryl methyl sites for hydroxylation is 1. The van der Waals surface area contributed by atoms with Crippen LogP contribution in [0.1, 0.15) is 28.2 Å². The van der Waals surface area contributed by atoms with Gasteiger partial charge in [-0.1, -0.05) is 29.8 Å². The molecular formula is C17H19ClN4O4S. The number of aromatic nitrogens is 1. The van der Waals surface area contributed by atoms with Gasteiger partial charge in [0.2, 0.25) is 0 Å². The van der Waals surface area contributed by atoms with E-state index >= 15 is 0 Å². The number of hydrogen-bond acceptors (Lipinski definition) is 5. The second-order valence-electron chi connectivity index (χ2n) is 5.71. The summed E-state index contributed by atoms with van der Waals surface area (Å²) in [5.74, 6) is -1.67. The molecule has 3 amide bonds. The number of rotatable bonds is 8. The highest BCUT2D eigenvalue weighted by Gasteiger charge is 2.23. The molecule has 0 aliphatic rings. The van der Waals surface area contributed by atoms with E-state index in [-0.39, 0.29) is 13.0 Å². The fraction of sp³-hybridized carbons (Fsp3) is 0.294. The Kier molecular flexibility index (Phi) is 7.14. The van der Waals surface area contributed by atoms with Crippen LogP contribution in [0.2, 0.25) is 5.02 Å². The minimum absolute atomic E-state index is 0.149. The van der Waals surface area contributed by atoms with Gasteiger partial charge in [-0.15, -0.1) is 11.3 Å². The average Bonchev–Trinajstić information content (AvgIpc) is 2.99. The topological polar surface area (TPSA) is 134 Å². The number of nitrogens with two attached hydrogens (primary N) is 1. The summed E-state index contributed by atoms with van der Waals surface area (Å²) in [6.07, 6.45) is 0.503. The Morgan fingerprint density at radius 2 is 2.04 bits per heavy atom. The molecule has 8 nitrogen and oxygen atoms in total. The van der Waals surface area contributed by atoms with Gasteiger partial charge in [0, 0.05) is 12.1 Å². The van der Waals surface area contributed by atoms with Gasteiger partial charge in [-0.2, -0.15) is 0 Å². The molecule has 0 saturated carbocycles. The zero-order chi connectivity index (χ0) is 20.0. The first-order valence-electron chi connectivity index (χ1n) is 8.09. The third-order valence-electron chi connectivity index (χ3n) is 3.68. The Balaban J connectivity index is 2.08. The van der Waals surface area contributed by atoms with Gasteiger partial charge in [0.25, 0.3) is 5.91 Å². The summed E-state index contributed by atoms with van der Waals surface area (Å²) >= 11 is 7.32. The van der Waals surface area contributed by atoms with E-state index in [9.17, 15) is 19.5 Å². The van der Waals surface area contributed by atoms with Crippen molar-refractivity contribution in [1.29, 1.82) is 0 Å². The van der Waals surface area contributed by atoms with E-state index in [2.05, 4.69) is 15.6 Å². The third kappa shape index (κ3) is 5.66. The van der Waals surface area contributed by atoms with Gasteiger partial charge in [-0.25, -0.2) is 14.6 Å². The number of carbonyl (C=O) groups is 3. The Bertz CT molecular complexity index is 855. The molecule has 0 fully saturated rings. The van der Waals surface area contributed by atoms with Crippen molar-refractivity contribution in [2.45, 2.75) is 25.8 Å². The summed E-state index contributed by atoms with van der Waals surface area (Å²) in [6, 6.07) is 5.38. The Morgan fingerprint density at radius 3 is 2.67 bits per heavy atom. The van der Waals surface area contributed by atoms with Crippen molar-refractivity contribution in [3.8, 4) is 10.6 Å². The van der Waals surface area contributed by atoms with Crippen LogP contribution in [0, 0.1) is 6.92 Å². The van der Waals surface area contributed by atoms with Crippen molar-refractivity contribution < 1.29 is 19.5 Å². The van der Waals surface area contributed by atoms with Crippen LogP contribution in [0.3, 0.4) is 0 Å². The van der Waals surface area contributed by atoms with Crippen molar-refractivity contribution in [2.75, 3.05) is 6.54 Å². The first-order chi connectivity index (χ1) is 12.8. The van der Waals surface area contributed by atoms with E-state index < -0.39 is 23.9 Å². The molecule has 0 bridgehead atoms. The lowest BCUT2D eigenvalue weighted by molar-refractivity contribution is -0.139. The van der Waals surface area contributed by atoms with E-state index in [1.807, 2.05) is 6.07 Å². The molecule has 27 heavy (non-hydrogen) atoms. The molecule has 1 aromatic heterocycles. The first kappa shape index (κ1) is 20.7. The maximum Gasteiger partial charge on any atom is 0.326 e. The number of carboxylic acid groups (broad SMARTS) is 1. The number of nitrogens with zero attached hydrogens (tertiary/aromatic N) is 1. The molecule has 0 radical (unpaired) electrons. The molecular weight excluding hydrogens is 392 g/mol. The minimum Gasteiger partial charge on any atom is -0.480 e. The molecule has 0 aliphatic heterocycles. The number of thiazole rings is 1. The standard InChI is InChI=1S/C17H19ClN4O4S/c1-9-13(27-15(21-9)10-5-2-3-6-11(10)18)14(23)22-12(16(24)25)7-4-8-20-17(19)26/h2-3,5-6,12H,4,7-8H2,1H3,(H,22,23)(H,24,25)(H3,19,20,26)/t12-/m0/s1. The Morgan fingerprint density at radius 1 is 1.33 bits per heavy atom. The van der Waals surface area contributed by atoms with Crippen LogP contribution < -0.4 is 16.4 Å². The molecule has 2 rings (SSSR count). The van der Waals surface area contributed by atoms with Crippen LogP contribution in [0.15, 0.2) is 24.3 Å². The van der Waals surface area contributed by atoms with Crippen molar-refractivity contribution in [1.82, 2.24) is 15.6 Å². The van der Waals surface area contributed by atoms with E-state index in [1.165, 1.54) is 0 Å². The van der Waals surface area contributed by atoms with E-state index in [1.54, 1.807) is 25.1 Å². The van der Waals surface area contributed by atoms with Crippen molar-refractivity contribution in [2.24, 2.45) is 5.73 Å². The summed E-state index contributed by atoms with van der Waals surface area (Å²) in [5, 5.41) is 15.3. The maximum absolute atomic E-state index is 12.5. The van der Waals surface area contributed by atoms with Crippen LogP contribution in [-0.2, 0) is 4.79 Å². The zero-order valence-electron chi connectivity index (χ0n) is 14.5. The summed E-state index contributed by atoms with van der Waals surface area (Å²) in [6.45, 7) is 1.91. The molecule has 0 spiro atoms. The quantitative estimate of drug-likeness (QED) is 0.495. The second-order valence-corrected chi connectivity index (χ2v) is 7.12. The SMILES string of the molecule is Cc1nc(-c2ccccc2Cl)sc1C(=O)N[C@@H](CCCNC(N)=O)C(=O)O. The largest absolute Gasteiger partial charge is 0.480 e. The number of benzene rings is 1. The second kappa shape index (κ2) is 9.33. The molecule has 0 unspecified atom stereocenters. The summed E-state index contributed by atoms with van der Waals surface area (Å²) in [7, 11) is 0. The Hall–Kier alpha value is -2.65. The van der Waals surface area contributed by atoms with Crippen LogP contribution in [-0.4, -0.2) is 40.6 Å². The average molecular weight is 411 g/mol. The lowest BCUT2D eigenvalue weighted by Crippen LogP contribution is -2.41. The third-order valence-corrected chi connectivity index (χ3v) is 5.20. The number of amides is 3. The minimum atomic E-state index is -1.16. The summed E-state index contributed by atoms with van der Waals surface area (Å²) in [4.78, 5) is 39.2. The fourth-order valence-corrected chi connectivity index (χ4v) is 3.65. The lowest BCUT2D eigenvalue weighted by Gasteiger charge is -2.14. The molecule has 2 aromatic rings. The lowest BCUT2D eigenvalue weighted by atomic mass is 10.1. The number of aliphatic carboxylic acids is 1. The molecule has 144 valence electrons. The van der Waals surface area contributed by atoms with Gasteiger partial charge < -0.3 is 21.5 Å². The van der Waals surface area contributed by atoms with Gasteiger partial charge in [0.1, 0.15) is 15.9 Å². The number of carboxylic acids is 1. The number of nitrogens with one attached hydrogen (secondary N) is 2. The molecule has 0 aliphatic carbocycles. The highest BCUT2D eigenvalue weighted by atomic mass is 35.5. The number of carbonyl (C=O) groups excluding carboxylic acids is 2. The number of halogens is 1. The van der Waals surface area contributed by atoms with Crippen LogP contribution in [0.5, 0.6) is 0 Å². The van der Waals surface area contributed by atoms with Gasteiger partial charge in [-0.05, 0) is 25.8 Å². The fourth-order valence-electron chi connectivity index (χ4n) is 2.36. The maximum atomic E-state index is 12.5. The molecule has 1 atom stereocenters. The number of urea groups is 1. The van der Waals surface area contributed by atoms with Gasteiger partial charge >= 0.3 is 12.0 Å². The van der Waals surface area contributed by atoms with Crippen LogP contribution in [0.4, 0.5) is 4.79 Å². The molecule has 0 saturated heterocycles. The smallest absolute Gasteiger partial charge is 0.326 e. The molecule has 5 N–H and O–H groups in total. The molecule has 1 aromatic carbocycles. The van der Waals surface area contributed by atoms with Crippen molar-refractivity contribution in [3.05, 3.63) is 39.9 Å². The molecule has 1 heterocycles. The number of primary amides is 1. The predicted octanol–water partition coefficient (Wildman–Crippen LogP) is 2.40. The van der Waals surface area contributed by atoms with Gasteiger partial charge in [0.15, 0.2) is 0 Å². The van der Waals surface area contributed by atoms with E-state index in [0.29, 0.717) is 32.6 Å². The highest BCUT2D eigenvalue weighted by Crippen LogP contribution is 2.32. The van der Waals surface area contributed by atoms with E-state index in [4.69, 9.17) is 17.3 Å². The van der Waals surface area contributed by atoms with Crippen LogP contribution >= 0.6 is 22.9 Å². The number of hydrogen-bond donors (Lipinski definition) is 4. The highest BCUT2D eigenvalue weighted by molar-refractivity contribution is 7.17. The monoisotopic (exact) mass is 410 g/mol. The summed E-state index contributed by atoms with van der Waals surface area (Å²) in [5.41, 5.74) is 6.15. The van der Waals surface area contributed by atoms with Gasteiger partial charge in [-0.3, -0.25) is 4.79 Å². The van der Waals surface area contributed by atoms with E-state index in [0.717, 1.165) is 11.3 Å².